The fraction of sp³-hybridized carbons (Fsp3) is 0.500. The average Bonchev–Trinajstić information content (AvgIpc) is 2.72. The molecule has 1 aliphatic rings. The van der Waals surface area contributed by atoms with Gasteiger partial charge in [0, 0.05) is 15.4 Å². The zero-order chi connectivity index (χ0) is 13.3. The fourth-order valence-corrected chi connectivity index (χ4v) is 3.22. The highest BCUT2D eigenvalue weighted by atomic mass is 79.9. The van der Waals surface area contributed by atoms with Crippen LogP contribution in [0.5, 0.6) is 0 Å². The van der Waals surface area contributed by atoms with E-state index in [0.717, 1.165) is 35.0 Å². The number of carbonyl (C=O) groups is 1. The topological polar surface area (TPSA) is 29.1 Å². The number of amides is 1. The lowest BCUT2D eigenvalue weighted by atomic mass is 9.97. The van der Waals surface area contributed by atoms with Crippen LogP contribution in [0, 0.1) is 18.8 Å². The number of halogens is 2. The standard InChI is InChI=1S/C14H17BrClNO/c1-8-4-3-5-10(8)14(18)17-13-7-12(16)9(2)6-11(13)15/h6-8,10H,3-5H2,1-2H3,(H,17,18). The van der Waals surface area contributed by atoms with E-state index >= 15 is 0 Å². The summed E-state index contributed by atoms with van der Waals surface area (Å²) in [6, 6.07) is 3.73. The van der Waals surface area contributed by atoms with Crippen molar-refractivity contribution in [3.63, 3.8) is 0 Å². The molecule has 0 radical (unpaired) electrons. The number of anilines is 1. The molecule has 0 aliphatic heterocycles. The Morgan fingerprint density at radius 2 is 2.17 bits per heavy atom. The first-order valence-electron chi connectivity index (χ1n) is 6.25. The van der Waals surface area contributed by atoms with Gasteiger partial charge in [-0.25, -0.2) is 0 Å². The van der Waals surface area contributed by atoms with Crippen molar-refractivity contribution in [3.8, 4) is 0 Å². The first-order chi connectivity index (χ1) is 8.49. The monoisotopic (exact) mass is 329 g/mol. The molecule has 18 heavy (non-hydrogen) atoms. The van der Waals surface area contributed by atoms with Crippen LogP contribution >= 0.6 is 27.5 Å². The van der Waals surface area contributed by atoms with Gasteiger partial charge in [0.05, 0.1) is 5.69 Å². The molecule has 1 N–H and O–H groups in total. The van der Waals surface area contributed by atoms with Crippen molar-refractivity contribution in [1.82, 2.24) is 0 Å². The summed E-state index contributed by atoms with van der Waals surface area (Å²) < 4.78 is 0.878. The van der Waals surface area contributed by atoms with Gasteiger partial charge < -0.3 is 5.32 Å². The molecule has 4 heteroatoms. The number of hydrogen-bond acceptors (Lipinski definition) is 1. The predicted octanol–water partition coefficient (Wildman–Crippen LogP) is 4.79. The van der Waals surface area contributed by atoms with E-state index in [0.29, 0.717) is 10.9 Å². The molecule has 1 saturated carbocycles. The van der Waals surface area contributed by atoms with E-state index in [1.165, 1.54) is 0 Å². The maximum atomic E-state index is 12.2. The van der Waals surface area contributed by atoms with E-state index in [4.69, 9.17) is 11.6 Å². The second kappa shape index (κ2) is 5.62. The third kappa shape index (κ3) is 2.89. The maximum absolute atomic E-state index is 12.2. The van der Waals surface area contributed by atoms with E-state index in [-0.39, 0.29) is 11.8 Å². The summed E-state index contributed by atoms with van der Waals surface area (Å²) in [6.07, 6.45) is 3.28. The minimum Gasteiger partial charge on any atom is -0.325 e. The summed E-state index contributed by atoms with van der Waals surface area (Å²) in [4.78, 5) is 12.2. The number of carbonyl (C=O) groups excluding carboxylic acids is 1. The second-order valence-electron chi connectivity index (χ2n) is 5.09. The van der Waals surface area contributed by atoms with Crippen LogP contribution in [0.2, 0.25) is 5.02 Å². The molecule has 1 fully saturated rings. The van der Waals surface area contributed by atoms with Crippen LogP contribution in [0.15, 0.2) is 16.6 Å². The Balaban J connectivity index is 2.14. The summed E-state index contributed by atoms with van der Waals surface area (Å²) in [5.41, 5.74) is 1.76. The predicted molar refractivity (Wildman–Crippen MR) is 79.0 cm³/mol. The van der Waals surface area contributed by atoms with Crippen LogP contribution in [0.1, 0.15) is 31.7 Å². The molecule has 0 aromatic heterocycles. The average molecular weight is 331 g/mol. The first kappa shape index (κ1) is 13.9. The van der Waals surface area contributed by atoms with Crippen molar-refractivity contribution in [2.45, 2.75) is 33.1 Å². The molecule has 0 bridgehead atoms. The molecule has 1 amide bonds. The van der Waals surface area contributed by atoms with Gasteiger partial charge in [-0.05, 0) is 59.3 Å². The molecule has 1 aliphatic carbocycles. The molecule has 2 atom stereocenters. The summed E-state index contributed by atoms with van der Waals surface area (Å²) in [5, 5.41) is 3.65. The van der Waals surface area contributed by atoms with Gasteiger partial charge in [0.25, 0.3) is 0 Å². The van der Waals surface area contributed by atoms with Crippen LogP contribution in [0.4, 0.5) is 5.69 Å². The molecule has 1 aromatic carbocycles. The van der Waals surface area contributed by atoms with Gasteiger partial charge >= 0.3 is 0 Å². The molecular weight excluding hydrogens is 314 g/mol. The van der Waals surface area contributed by atoms with Gasteiger partial charge in [0.15, 0.2) is 0 Å². The quantitative estimate of drug-likeness (QED) is 0.830. The smallest absolute Gasteiger partial charge is 0.227 e. The number of aryl methyl sites for hydroxylation is 1. The summed E-state index contributed by atoms with van der Waals surface area (Å²) >= 11 is 9.55. The van der Waals surface area contributed by atoms with E-state index in [1.54, 1.807) is 6.07 Å². The Bertz CT molecular complexity index is 475. The third-order valence-corrected chi connectivity index (χ3v) is 4.77. The van der Waals surface area contributed by atoms with Crippen LogP contribution in [0.3, 0.4) is 0 Å². The van der Waals surface area contributed by atoms with Gasteiger partial charge in [0.1, 0.15) is 0 Å². The minimum atomic E-state index is 0.112. The van der Waals surface area contributed by atoms with Crippen molar-refractivity contribution < 1.29 is 4.79 Å². The fourth-order valence-electron chi connectivity index (χ4n) is 2.50. The lowest BCUT2D eigenvalue weighted by Crippen LogP contribution is -2.24. The molecule has 2 unspecified atom stereocenters. The largest absolute Gasteiger partial charge is 0.325 e. The molecule has 2 nitrogen and oxygen atoms in total. The Kier molecular flexibility index (Phi) is 4.33. The first-order valence-corrected chi connectivity index (χ1v) is 7.42. The Hall–Kier alpha value is -0.540. The lowest BCUT2D eigenvalue weighted by Gasteiger charge is -2.16. The van der Waals surface area contributed by atoms with E-state index < -0.39 is 0 Å². The minimum absolute atomic E-state index is 0.112. The van der Waals surface area contributed by atoms with Crippen molar-refractivity contribution in [3.05, 3.63) is 27.2 Å². The molecule has 98 valence electrons. The molecular formula is C14H17BrClNO. The summed E-state index contributed by atoms with van der Waals surface area (Å²) in [6.45, 7) is 4.09. The van der Waals surface area contributed by atoms with Gasteiger partial charge in [-0.3, -0.25) is 4.79 Å². The number of benzene rings is 1. The zero-order valence-electron chi connectivity index (χ0n) is 10.6. The normalized spacial score (nSPS) is 23.1. The maximum Gasteiger partial charge on any atom is 0.227 e. The van der Waals surface area contributed by atoms with Crippen LogP contribution in [-0.2, 0) is 4.79 Å². The molecule has 0 heterocycles. The van der Waals surface area contributed by atoms with E-state index in [9.17, 15) is 4.79 Å². The summed E-state index contributed by atoms with van der Waals surface area (Å²) in [5.74, 6) is 0.724. The van der Waals surface area contributed by atoms with Gasteiger partial charge in [-0.1, -0.05) is 24.9 Å². The SMILES string of the molecule is Cc1cc(Br)c(NC(=O)C2CCCC2C)cc1Cl. The Morgan fingerprint density at radius 3 is 2.78 bits per heavy atom. The van der Waals surface area contributed by atoms with Gasteiger partial charge in [0.2, 0.25) is 5.91 Å². The van der Waals surface area contributed by atoms with Crippen molar-refractivity contribution >= 4 is 39.1 Å². The molecule has 1 aromatic rings. The van der Waals surface area contributed by atoms with Gasteiger partial charge in [-0.15, -0.1) is 0 Å². The van der Waals surface area contributed by atoms with Crippen molar-refractivity contribution in [2.24, 2.45) is 11.8 Å². The highest BCUT2D eigenvalue weighted by Gasteiger charge is 2.29. The van der Waals surface area contributed by atoms with Crippen molar-refractivity contribution in [2.75, 3.05) is 5.32 Å². The molecule has 2 rings (SSSR count). The number of nitrogens with one attached hydrogen (secondary N) is 1. The molecule has 0 spiro atoms. The molecule has 0 saturated heterocycles. The second-order valence-corrected chi connectivity index (χ2v) is 6.35. The zero-order valence-corrected chi connectivity index (χ0v) is 12.9. The number of rotatable bonds is 2. The van der Waals surface area contributed by atoms with Crippen molar-refractivity contribution in [1.29, 1.82) is 0 Å². The van der Waals surface area contributed by atoms with Gasteiger partial charge in [-0.2, -0.15) is 0 Å². The lowest BCUT2D eigenvalue weighted by molar-refractivity contribution is -0.120. The van der Waals surface area contributed by atoms with Crippen LogP contribution < -0.4 is 5.32 Å². The van der Waals surface area contributed by atoms with E-state index in [1.807, 2.05) is 13.0 Å². The number of hydrogen-bond donors (Lipinski definition) is 1. The Morgan fingerprint density at radius 1 is 1.44 bits per heavy atom. The van der Waals surface area contributed by atoms with Crippen LogP contribution in [0.25, 0.3) is 0 Å². The highest BCUT2D eigenvalue weighted by Crippen LogP contribution is 2.34. The third-order valence-electron chi connectivity index (χ3n) is 3.70. The van der Waals surface area contributed by atoms with E-state index in [2.05, 4.69) is 28.2 Å². The Labute approximate surface area is 121 Å². The highest BCUT2D eigenvalue weighted by molar-refractivity contribution is 9.10. The van der Waals surface area contributed by atoms with Crippen LogP contribution in [-0.4, -0.2) is 5.91 Å². The summed E-state index contributed by atoms with van der Waals surface area (Å²) in [7, 11) is 0.